The summed E-state index contributed by atoms with van der Waals surface area (Å²) in [6, 6.07) is 7.98. The van der Waals surface area contributed by atoms with Crippen molar-refractivity contribution in [3.63, 3.8) is 0 Å². The zero-order chi connectivity index (χ0) is 11.8. The minimum absolute atomic E-state index is 0.0113. The Balaban J connectivity index is 2.10. The maximum Gasteiger partial charge on any atom is 0.371 e. The van der Waals surface area contributed by atoms with Crippen LogP contribution in [-0.4, -0.2) is 17.2 Å². The molecule has 1 aromatic rings. The van der Waals surface area contributed by atoms with E-state index in [0.717, 1.165) is 16.7 Å². The molecule has 1 heterocycles. The predicted octanol–water partition coefficient (Wildman–Crippen LogP) is 2.46. The van der Waals surface area contributed by atoms with Gasteiger partial charge in [0.05, 0.1) is 0 Å². The fourth-order valence-electron chi connectivity index (χ4n) is 2.10. The molecule has 84 valence electrons. The van der Waals surface area contributed by atoms with Gasteiger partial charge in [0.1, 0.15) is 6.10 Å². The molecule has 3 rings (SSSR count). The molecule has 0 amide bonds. The van der Waals surface area contributed by atoms with Crippen LogP contribution in [0.3, 0.4) is 0 Å². The molecule has 2 aliphatic rings. The zero-order valence-electron chi connectivity index (χ0n) is 8.96. The molecule has 1 aliphatic heterocycles. The Morgan fingerprint density at radius 3 is 2.88 bits per heavy atom. The number of rotatable bonds is 1. The van der Waals surface area contributed by atoms with Crippen LogP contribution in [-0.2, 0) is 9.53 Å². The number of aliphatic carboxylic acids is 1. The van der Waals surface area contributed by atoms with E-state index in [2.05, 4.69) is 0 Å². The number of hydrogen-bond donors (Lipinski definition) is 1. The van der Waals surface area contributed by atoms with Crippen molar-refractivity contribution in [2.45, 2.75) is 6.10 Å². The highest BCUT2D eigenvalue weighted by Gasteiger charge is 2.26. The van der Waals surface area contributed by atoms with E-state index in [1.807, 2.05) is 42.5 Å². The first-order valence-electron chi connectivity index (χ1n) is 5.35. The van der Waals surface area contributed by atoms with Crippen LogP contribution in [0.1, 0.15) is 11.1 Å². The molecule has 0 radical (unpaired) electrons. The number of carboxylic acid groups (broad SMARTS) is 1. The van der Waals surface area contributed by atoms with Crippen LogP contribution in [0.5, 0.6) is 0 Å². The summed E-state index contributed by atoms with van der Waals surface area (Å²) in [4.78, 5) is 10.8. The average Bonchev–Trinajstić information content (AvgIpc) is 2.38. The van der Waals surface area contributed by atoms with Gasteiger partial charge < -0.3 is 9.84 Å². The highest BCUT2D eigenvalue weighted by molar-refractivity contribution is 5.89. The van der Waals surface area contributed by atoms with Gasteiger partial charge in [0.2, 0.25) is 5.76 Å². The lowest BCUT2D eigenvalue weighted by Crippen LogP contribution is -2.21. The van der Waals surface area contributed by atoms with E-state index < -0.39 is 5.97 Å². The van der Waals surface area contributed by atoms with Gasteiger partial charge in [-0.15, -0.1) is 0 Å². The second kappa shape index (κ2) is 3.63. The first-order chi connectivity index (χ1) is 8.25. The van der Waals surface area contributed by atoms with E-state index in [-0.39, 0.29) is 11.9 Å². The van der Waals surface area contributed by atoms with Gasteiger partial charge in [-0.25, -0.2) is 4.79 Å². The Morgan fingerprint density at radius 1 is 1.24 bits per heavy atom. The molecular weight excluding hydrogens is 216 g/mol. The monoisotopic (exact) mass is 226 g/mol. The highest BCUT2D eigenvalue weighted by Crippen LogP contribution is 2.34. The molecule has 3 heteroatoms. The van der Waals surface area contributed by atoms with Crippen LogP contribution in [0.4, 0.5) is 0 Å². The molecule has 1 unspecified atom stereocenters. The molecule has 1 N–H and O–H groups in total. The first-order valence-corrected chi connectivity index (χ1v) is 5.35. The Hall–Kier alpha value is -2.29. The normalized spacial score (nSPS) is 20.6. The van der Waals surface area contributed by atoms with Crippen LogP contribution >= 0.6 is 0 Å². The van der Waals surface area contributed by atoms with Crippen molar-refractivity contribution in [1.82, 2.24) is 0 Å². The van der Waals surface area contributed by atoms with Gasteiger partial charge in [-0.1, -0.05) is 36.4 Å². The summed E-state index contributed by atoms with van der Waals surface area (Å²) in [5.41, 5.74) is 3.24. The highest BCUT2D eigenvalue weighted by atomic mass is 16.5. The van der Waals surface area contributed by atoms with Crippen molar-refractivity contribution in [1.29, 1.82) is 0 Å². The number of ether oxygens (including phenoxy) is 1. The molecular formula is C14H10O3. The summed E-state index contributed by atoms with van der Waals surface area (Å²) in [7, 11) is 0. The van der Waals surface area contributed by atoms with Crippen LogP contribution in [0.15, 0.2) is 48.3 Å². The third-order valence-corrected chi connectivity index (χ3v) is 2.91. The maximum atomic E-state index is 10.8. The van der Waals surface area contributed by atoms with Crippen LogP contribution in [0.2, 0.25) is 0 Å². The van der Waals surface area contributed by atoms with E-state index in [1.54, 1.807) is 0 Å². The third-order valence-electron chi connectivity index (χ3n) is 2.91. The summed E-state index contributed by atoms with van der Waals surface area (Å²) >= 11 is 0. The molecule has 0 spiro atoms. The van der Waals surface area contributed by atoms with E-state index in [9.17, 15) is 4.79 Å². The van der Waals surface area contributed by atoms with Crippen molar-refractivity contribution in [3.8, 4) is 0 Å². The van der Waals surface area contributed by atoms with E-state index in [4.69, 9.17) is 9.84 Å². The maximum absolute atomic E-state index is 10.8. The lowest BCUT2D eigenvalue weighted by Gasteiger charge is -2.26. The molecule has 1 aliphatic carbocycles. The standard InChI is InChI=1S/C14H10O3/c15-14(16)13-8-6-11-10-4-2-1-3-9(10)5-7-12(11)17-13/h1-8,12H,(H,15,16). The summed E-state index contributed by atoms with van der Waals surface area (Å²) in [6.07, 6.45) is 6.87. The Bertz CT molecular complexity index is 579. The van der Waals surface area contributed by atoms with Crippen molar-refractivity contribution in [2.24, 2.45) is 0 Å². The number of fused-ring (bicyclic) bond motifs is 3. The third kappa shape index (κ3) is 1.56. The number of carbonyl (C=O) groups is 1. The topological polar surface area (TPSA) is 46.5 Å². The lowest BCUT2D eigenvalue weighted by molar-refractivity contribution is -0.136. The fourth-order valence-corrected chi connectivity index (χ4v) is 2.10. The number of carboxylic acids is 1. The summed E-state index contributed by atoms with van der Waals surface area (Å²) in [5.74, 6) is -1.05. The smallest absolute Gasteiger partial charge is 0.371 e. The summed E-state index contributed by atoms with van der Waals surface area (Å²) in [5, 5.41) is 8.88. The Labute approximate surface area is 98.3 Å². The van der Waals surface area contributed by atoms with E-state index in [0.29, 0.717) is 0 Å². The van der Waals surface area contributed by atoms with Gasteiger partial charge in [0.25, 0.3) is 0 Å². The average molecular weight is 226 g/mol. The van der Waals surface area contributed by atoms with E-state index >= 15 is 0 Å². The number of benzene rings is 1. The largest absolute Gasteiger partial charge is 0.475 e. The Kier molecular flexibility index (Phi) is 2.11. The van der Waals surface area contributed by atoms with Gasteiger partial charge >= 0.3 is 5.97 Å². The van der Waals surface area contributed by atoms with Gasteiger partial charge in [0.15, 0.2) is 0 Å². The molecule has 17 heavy (non-hydrogen) atoms. The van der Waals surface area contributed by atoms with Crippen molar-refractivity contribution in [3.05, 3.63) is 59.4 Å². The van der Waals surface area contributed by atoms with Crippen molar-refractivity contribution < 1.29 is 14.6 Å². The van der Waals surface area contributed by atoms with E-state index in [1.165, 1.54) is 6.08 Å². The predicted molar refractivity (Wildman–Crippen MR) is 64.0 cm³/mol. The van der Waals surface area contributed by atoms with Gasteiger partial charge in [-0.05, 0) is 23.3 Å². The molecule has 1 aromatic carbocycles. The van der Waals surface area contributed by atoms with Crippen molar-refractivity contribution in [2.75, 3.05) is 0 Å². The molecule has 0 bridgehead atoms. The van der Waals surface area contributed by atoms with Crippen LogP contribution in [0.25, 0.3) is 11.6 Å². The second-order valence-electron chi connectivity index (χ2n) is 3.94. The van der Waals surface area contributed by atoms with Crippen LogP contribution < -0.4 is 0 Å². The number of hydrogen-bond acceptors (Lipinski definition) is 2. The van der Waals surface area contributed by atoms with Gasteiger partial charge in [0, 0.05) is 5.57 Å². The zero-order valence-corrected chi connectivity index (χ0v) is 8.96. The lowest BCUT2D eigenvalue weighted by atomic mass is 9.89. The minimum atomic E-state index is -1.03. The van der Waals surface area contributed by atoms with Gasteiger partial charge in [-0.3, -0.25) is 0 Å². The molecule has 0 aromatic heterocycles. The van der Waals surface area contributed by atoms with Crippen molar-refractivity contribution >= 4 is 17.6 Å². The fraction of sp³-hybridized carbons (Fsp3) is 0.0714. The Morgan fingerprint density at radius 2 is 2.06 bits per heavy atom. The minimum Gasteiger partial charge on any atom is -0.475 e. The van der Waals surface area contributed by atoms with Gasteiger partial charge in [-0.2, -0.15) is 0 Å². The molecule has 3 nitrogen and oxygen atoms in total. The molecule has 0 fully saturated rings. The SMILES string of the molecule is O=C(O)C1=CC=C2c3ccccc3C=CC2O1. The summed E-state index contributed by atoms with van der Waals surface area (Å²) < 4.78 is 5.42. The number of allylic oxidation sites excluding steroid dienone is 2. The first kappa shape index (κ1) is 9.90. The molecule has 1 atom stereocenters. The second-order valence-corrected chi connectivity index (χ2v) is 3.94. The summed E-state index contributed by atoms with van der Waals surface area (Å²) in [6.45, 7) is 0. The molecule has 0 saturated carbocycles. The quantitative estimate of drug-likeness (QED) is 0.800. The van der Waals surface area contributed by atoms with Crippen LogP contribution in [0, 0.1) is 0 Å². The molecule has 0 saturated heterocycles.